The van der Waals surface area contributed by atoms with E-state index < -0.39 is 24.3 Å². The molecule has 1 amide bonds. The van der Waals surface area contributed by atoms with Gasteiger partial charge in [0, 0.05) is 6.04 Å². The number of rotatable bonds is 5. The van der Waals surface area contributed by atoms with E-state index in [0.29, 0.717) is 11.4 Å². The molecule has 1 atom stereocenters. The van der Waals surface area contributed by atoms with Gasteiger partial charge in [-0.2, -0.15) is 5.10 Å². The van der Waals surface area contributed by atoms with Crippen LogP contribution in [0.15, 0.2) is 0 Å². The first-order valence-electron chi connectivity index (χ1n) is 6.08. The molecule has 0 aliphatic heterocycles. The van der Waals surface area contributed by atoms with Crippen molar-refractivity contribution in [1.29, 1.82) is 0 Å². The fourth-order valence-corrected chi connectivity index (χ4v) is 1.84. The van der Waals surface area contributed by atoms with Crippen molar-refractivity contribution in [3.05, 3.63) is 11.4 Å². The number of carbonyl (C=O) groups is 2. The number of anilines is 1. The van der Waals surface area contributed by atoms with Gasteiger partial charge in [-0.05, 0) is 27.7 Å². The number of nitrogens with two attached hydrogens (primary N) is 1. The van der Waals surface area contributed by atoms with Crippen molar-refractivity contribution >= 4 is 17.6 Å². The summed E-state index contributed by atoms with van der Waals surface area (Å²) in [5.41, 5.74) is 7.61. The summed E-state index contributed by atoms with van der Waals surface area (Å²) in [6.07, 6.45) is -0.401. The number of amides is 1. The lowest BCUT2D eigenvalue weighted by atomic mass is 10.2. The Hall–Kier alpha value is -1.89. The highest BCUT2D eigenvalue weighted by molar-refractivity contribution is 5.97. The van der Waals surface area contributed by atoms with Crippen molar-refractivity contribution < 1.29 is 14.7 Å². The van der Waals surface area contributed by atoms with Crippen LogP contribution < -0.4 is 11.1 Å². The predicted molar refractivity (Wildman–Crippen MR) is 70.9 cm³/mol. The topological polar surface area (TPSA) is 110 Å². The van der Waals surface area contributed by atoms with Crippen molar-refractivity contribution in [2.24, 2.45) is 5.73 Å². The molecule has 0 radical (unpaired) electrons. The van der Waals surface area contributed by atoms with Gasteiger partial charge >= 0.3 is 5.97 Å². The number of hydrogen-bond acceptors (Lipinski definition) is 4. The minimum atomic E-state index is -1.10. The predicted octanol–water partition coefficient (Wildman–Crippen LogP) is 0.821. The van der Waals surface area contributed by atoms with E-state index in [1.54, 1.807) is 11.6 Å². The molecule has 0 aromatic carbocycles. The highest BCUT2D eigenvalue weighted by Gasteiger charge is 2.21. The monoisotopic (exact) mass is 268 g/mol. The van der Waals surface area contributed by atoms with Crippen molar-refractivity contribution in [1.82, 2.24) is 9.78 Å². The molecule has 1 rings (SSSR count). The number of nitrogens with zero attached hydrogens (tertiary/aromatic N) is 2. The van der Waals surface area contributed by atoms with Crippen LogP contribution in [0.2, 0.25) is 0 Å². The average Bonchev–Trinajstić information content (AvgIpc) is 2.56. The average molecular weight is 268 g/mol. The van der Waals surface area contributed by atoms with Crippen LogP contribution in [0.5, 0.6) is 0 Å². The lowest BCUT2D eigenvalue weighted by molar-refractivity contribution is -0.138. The molecule has 1 unspecified atom stereocenters. The Labute approximate surface area is 111 Å². The summed E-state index contributed by atoms with van der Waals surface area (Å²) in [4.78, 5) is 22.3. The summed E-state index contributed by atoms with van der Waals surface area (Å²) in [7, 11) is 0. The van der Waals surface area contributed by atoms with E-state index in [4.69, 9.17) is 10.8 Å². The molecule has 0 fully saturated rings. The van der Waals surface area contributed by atoms with Crippen molar-refractivity contribution in [2.75, 3.05) is 5.32 Å². The van der Waals surface area contributed by atoms with Gasteiger partial charge in [-0.25, -0.2) is 0 Å². The first-order chi connectivity index (χ1) is 8.73. The fourth-order valence-electron chi connectivity index (χ4n) is 1.84. The molecule has 19 heavy (non-hydrogen) atoms. The molecule has 1 aromatic rings. The molecule has 0 saturated heterocycles. The van der Waals surface area contributed by atoms with Crippen molar-refractivity contribution in [2.45, 2.75) is 46.2 Å². The SMILES string of the molecule is Cc1nn(C(C)C)c(C)c1NC(=O)C(N)CC(=O)O. The van der Waals surface area contributed by atoms with Gasteiger partial charge in [-0.15, -0.1) is 0 Å². The summed E-state index contributed by atoms with van der Waals surface area (Å²) in [6, 6.07) is -0.893. The highest BCUT2D eigenvalue weighted by Crippen LogP contribution is 2.22. The fraction of sp³-hybridized carbons (Fsp3) is 0.583. The van der Waals surface area contributed by atoms with Gasteiger partial charge in [0.1, 0.15) is 0 Å². The number of carbonyl (C=O) groups excluding carboxylic acids is 1. The Kier molecular flexibility index (Phi) is 4.66. The van der Waals surface area contributed by atoms with Gasteiger partial charge in [0.25, 0.3) is 0 Å². The molecule has 4 N–H and O–H groups in total. The van der Waals surface area contributed by atoms with E-state index in [-0.39, 0.29) is 6.04 Å². The summed E-state index contributed by atoms with van der Waals surface area (Å²) < 4.78 is 1.80. The molecular formula is C12H20N4O3. The Bertz CT molecular complexity index is 493. The smallest absolute Gasteiger partial charge is 0.305 e. The molecule has 1 aromatic heterocycles. The number of carboxylic acids is 1. The van der Waals surface area contributed by atoms with E-state index in [1.165, 1.54) is 0 Å². The summed E-state index contributed by atoms with van der Waals surface area (Å²) >= 11 is 0. The largest absolute Gasteiger partial charge is 0.481 e. The van der Waals surface area contributed by atoms with Crippen LogP contribution in [-0.2, 0) is 9.59 Å². The number of carboxylic acid groups (broad SMARTS) is 1. The maximum absolute atomic E-state index is 11.8. The summed E-state index contributed by atoms with van der Waals surface area (Å²) in [5, 5.41) is 15.6. The van der Waals surface area contributed by atoms with Gasteiger partial charge in [0.15, 0.2) is 0 Å². The van der Waals surface area contributed by atoms with Gasteiger partial charge in [0.05, 0.1) is 29.5 Å². The Morgan fingerprint density at radius 2 is 2.00 bits per heavy atom. The van der Waals surface area contributed by atoms with Gasteiger partial charge in [-0.1, -0.05) is 0 Å². The van der Waals surface area contributed by atoms with E-state index in [1.807, 2.05) is 20.8 Å². The number of aryl methyl sites for hydroxylation is 1. The minimum Gasteiger partial charge on any atom is -0.481 e. The molecule has 1 heterocycles. The van der Waals surface area contributed by atoms with Crippen LogP contribution in [0, 0.1) is 13.8 Å². The summed E-state index contributed by atoms with van der Waals surface area (Å²) in [5.74, 6) is -1.62. The van der Waals surface area contributed by atoms with Gasteiger partial charge < -0.3 is 16.2 Å². The third-order valence-corrected chi connectivity index (χ3v) is 2.79. The van der Waals surface area contributed by atoms with Crippen molar-refractivity contribution in [3.63, 3.8) is 0 Å². The Morgan fingerprint density at radius 1 is 1.42 bits per heavy atom. The molecule has 0 saturated carbocycles. The molecule has 7 nitrogen and oxygen atoms in total. The van der Waals surface area contributed by atoms with E-state index in [0.717, 1.165) is 5.69 Å². The van der Waals surface area contributed by atoms with Gasteiger partial charge in [-0.3, -0.25) is 14.3 Å². The standard InChI is InChI=1S/C12H20N4O3/c1-6(2)16-8(4)11(7(3)15-16)14-12(19)9(13)5-10(17)18/h6,9H,5,13H2,1-4H3,(H,14,19)(H,17,18). The molecule has 0 bridgehead atoms. The Morgan fingerprint density at radius 3 is 2.42 bits per heavy atom. The molecule has 0 aliphatic rings. The van der Waals surface area contributed by atoms with E-state index in [9.17, 15) is 9.59 Å². The number of nitrogens with one attached hydrogen (secondary N) is 1. The second kappa shape index (κ2) is 5.83. The molecule has 106 valence electrons. The maximum Gasteiger partial charge on any atom is 0.305 e. The number of hydrogen-bond donors (Lipinski definition) is 3. The van der Waals surface area contributed by atoms with E-state index in [2.05, 4.69) is 10.4 Å². The first kappa shape index (κ1) is 15.2. The maximum atomic E-state index is 11.8. The zero-order valence-electron chi connectivity index (χ0n) is 11.6. The van der Waals surface area contributed by atoms with Crippen LogP contribution in [0.3, 0.4) is 0 Å². The van der Waals surface area contributed by atoms with Crippen LogP contribution in [0.25, 0.3) is 0 Å². The van der Waals surface area contributed by atoms with E-state index >= 15 is 0 Å². The number of aliphatic carboxylic acids is 1. The lowest BCUT2D eigenvalue weighted by Gasteiger charge is -2.11. The molecule has 0 aliphatic carbocycles. The van der Waals surface area contributed by atoms with Crippen LogP contribution in [0.1, 0.15) is 37.7 Å². The lowest BCUT2D eigenvalue weighted by Crippen LogP contribution is -2.37. The Balaban J connectivity index is 2.88. The van der Waals surface area contributed by atoms with Gasteiger partial charge in [0.2, 0.25) is 5.91 Å². The molecular weight excluding hydrogens is 248 g/mol. The third kappa shape index (κ3) is 3.54. The van der Waals surface area contributed by atoms with Crippen LogP contribution >= 0.6 is 0 Å². The molecule has 0 spiro atoms. The van der Waals surface area contributed by atoms with Crippen LogP contribution in [0.4, 0.5) is 5.69 Å². The first-order valence-corrected chi connectivity index (χ1v) is 6.08. The zero-order valence-corrected chi connectivity index (χ0v) is 11.6. The second-order valence-electron chi connectivity index (χ2n) is 4.78. The van der Waals surface area contributed by atoms with Crippen molar-refractivity contribution in [3.8, 4) is 0 Å². The molecule has 7 heteroatoms. The second-order valence-corrected chi connectivity index (χ2v) is 4.78. The third-order valence-electron chi connectivity index (χ3n) is 2.79. The summed E-state index contributed by atoms with van der Waals surface area (Å²) in [6.45, 7) is 7.60. The normalized spacial score (nSPS) is 12.5. The van der Waals surface area contributed by atoms with Crippen LogP contribution in [-0.4, -0.2) is 32.8 Å². The zero-order chi connectivity index (χ0) is 14.7. The quantitative estimate of drug-likeness (QED) is 0.732. The number of aromatic nitrogens is 2. The highest BCUT2D eigenvalue weighted by atomic mass is 16.4. The minimum absolute atomic E-state index is 0.178.